The van der Waals surface area contributed by atoms with E-state index >= 15 is 0 Å². The zero-order valence-electron chi connectivity index (χ0n) is 16.3. The topological polar surface area (TPSA) is 75.7 Å². The van der Waals surface area contributed by atoms with Crippen LogP contribution in [0.5, 0.6) is 0 Å². The van der Waals surface area contributed by atoms with Crippen molar-refractivity contribution in [3.8, 4) is 0 Å². The van der Waals surface area contributed by atoms with E-state index in [-0.39, 0.29) is 17.4 Å². The minimum Gasteiger partial charge on any atom is -0.465 e. The van der Waals surface area contributed by atoms with Crippen molar-refractivity contribution in [2.75, 3.05) is 25.5 Å². The van der Waals surface area contributed by atoms with Crippen LogP contribution in [0.1, 0.15) is 60.8 Å². The van der Waals surface area contributed by atoms with Crippen LogP contribution in [0.2, 0.25) is 0 Å². The Morgan fingerprint density at radius 2 is 1.75 bits per heavy atom. The summed E-state index contributed by atoms with van der Waals surface area (Å²) in [7, 11) is 1.29. The van der Waals surface area contributed by atoms with Crippen molar-refractivity contribution in [3.63, 3.8) is 0 Å². The molecule has 6 nitrogen and oxygen atoms in total. The molecule has 1 fully saturated rings. The van der Waals surface area contributed by atoms with E-state index in [1.54, 1.807) is 19.1 Å². The van der Waals surface area contributed by atoms with Crippen LogP contribution >= 0.6 is 11.3 Å². The lowest BCUT2D eigenvalue weighted by atomic mass is 10.1. The molecule has 1 saturated heterocycles. The maximum Gasteiger partial charge on any atom is 0.341 e. The Kier molecular flexibility index (Phi) is 6.14. The molecule has 28 heavy (non-hydrogen) atoms. The number of ether oxygens (including phenoxy) is 1. The van der Waals surface area contributed by atoms with Gasteiger partial charge in [0.1, 0.15) is 5.00 Å². The number of nitrogens with one attached hydrogen (secondary N) is 1. The molecule has 1 aliphatic rings. The van der Waals surface area contributed by atoms with Gasteiger partial charge in [-0.3, -0.25) is 9.59 Å². The summed E-state index contributed by atoms with van der Waals surface area (Å²) in [6, 6.07) is 7.22. The molecule has 0 unspecified atom stereocenters. The monoisotopic (exact) mass is 400 g/mol. The van der Waals surface area contributed by atoms with Crippen molar-refractivity contribution in [2.24, 2.45) is 0 Å². The fraction of sp³-hybridized carbons (Fsp3) is 0.381. The molecule has 0 bridgehead atoms. The number of nitrogens with zero attached hydrogens (tertiary/aromatic N) is 1. The van der Waals surface area contributed by atoms with Crippen molar-refractivity contribution >= 4 is 34.1 Å². The van der Waals surface area contributed by atoms with Crippen LogP contribution in [0.3, 0.4) is 0 Å². The molecular formula is C21H24N2O4S. The van der Waals surface area contributed by atoms with Crippen LogP contribution in [-0.2, 0) is 4.74 Å². The van der Waals surface area contributed by atoms with Crippen molar-refractivity contribution < 1.29 is 19.1 Å². The van der Waals surface area contributed by atoms with E-state index in [4.69, 9.17) is 4.74 Å². The number of piperidine rings is 1. The third kappa shape index (κ3) is 3.94. The van der Waals surface area contributed by atoms with E-state index in [0.717, 1.165) is 36.2 Å². The first-order valence-electron chi connectivity index (χ1n) is 9.32. The van der Waals surface area contributed by atoms with Crippen LogP contribution in [-0.4, -0.2) is 42.9 Å². The summed E-state index contributed by atoms with van der Waals surface area (Å²) in [5, 5.41) is 3.16. The molecule has 2 aromatic rings. The number of benzene rings is 1. The second-order valence-corrected chi connectivity index (χ2v) is 7.89. The van der Waals surface area contributed by atoms with Gasteiger partial charge in [-0.25, -0.2) is 4.79 Å². The number of amides is 2. The number of anilines is 1. The highest BCUT2D eigenvalue weighted by atomic mass is 32.1. The van der Waals surface area contributed by atoms with Gasteiger partial charge in [-0.05, 0) is 50.3 Å². The summed E-state index contributed by atoms with van der Waals surface area (Å²) in [6.07, 6.45) is 3.09. The molecule has 0 aliphatic carbocycles. The molecule has 1 aromatic heterocycles. The van der Waals surface area contributed by atoms with Gasteiger partial charge in [0.2, 0.25) is 0 Å². The molecule has 2 heterocycles. The van der Waals surface area contributed by atoms with Crippen LogP contribution < -0.4 is 5.32 Å². The SMILES string of the molecule is COC(=O)c1c(NC(=O)c2ccccc2C)sc(C(=O)N2CCCCC2)c1C. The van der Waals surface area contributed by atoms with Gasteiger partial charge in [-0.1, -0.05) is 18.2 Å². The van der Waals surface area contributed by atoms with E-state index in [1.807, 2.05) is 24.0 Å². The van der Waals surface area contributed by atoms with Crippen LogP contribution in [0, 0.1) is 13.8 Å². The van der Waals surface area contributed by atoms with Gasteiger partial charge < -0.3 is 15.0 Å². The van der Waals surface area contributed by atoms with Crippen molar-refractivity contribution in [3.05, 3.63) is 51.4 Å². The lowest BCUT2D eigenvalue weighted by Gasteiger charge is -2.26. The zero-order valence-corrected chi connectivity index (χ0v) is 17.1. The molecule has 0 atom stereocenters. The molecule has 7 heteroatoms. The number of esters is 1. The highest BCUT2D eigenvalue weighted by Gasteiger charge is 2.29. The molecule has 0 saturated carbocycles. The molecular weight excluding hydrogens is 376 g/mol. The summed E-state index contributed by atoms with van der Waals surface area (Å²) in [5.74, 6) is -0.975. The number of carbonyl (C=O) groups is 3. The second-order valence-electron chi connectivity index (χ2n) is 6.87. The van der Waals surface area contributed by atoms with Gasteiger partial charge in [-0.15, -0.1) is 11.3 Å². The van der Waals surface area contributed by atoms with E-state index in [1.165, 1.54) is 7.11 Å². The number of aryl methyl sites for hydroxylation is 1. The first-order chi connectivity index (χ1) is 13.4. The summed E-state index contributed by atoms with van der Waals surface area (Å²) in [6.45, 7) is 5.01. The van der Waals surface area contributed by atoms with Gasteiger partial charge in [0.25, 0.3) is 11.8 Å². The summed E-state index contributed by atoms with van der Waals surface area (Å²) < 4.78 is 4.90. The van der Waals surface area contributed by atoms with E-state index < -0.39 is 5.97 Å². The average molecular weight is 401 g/mol. The van der Waals surface area contributed by atoms with E-state index in [9.17, 15) is 14.4 Å². The van der Waals surface area contributed by atoms with Gasteiger partial charge in [0.15, 0.2) is 0 Å². The van der Waals surface area contributed by atoms with E-state index in [0.29, 0.717) is 34.1 Å². The Labute approximate surface area is 168 Å². The molecule has 148 valence electrons. The second kappa shape index (κ2) is 8.56. The third-order valence-corrected chi connectivity index (χ3v) is 6.19. The number of methoxy groups -OCH3 is 1. The first-order valence-corrected chi connectivity index (χ1v) is 10.1. The zero-order chi connectivity index (χ0) is 20.3. The fourth-order valence-corrected chi connectivity index (χ4v) is 4.55. The van der Waals surface area contributed by atoms with Crippen molar-refractivity contribution in [2.45, 2.75) is 33.1 Å². The predicted molar refractivity (Wildman–Crippen MR) is 109 cm³/mol. The number of hydrogen-bond acceptors (Lipinski definition) is 5. The lowest BCUT2D eigenvalue weighted by molar-refractivity contribution is 0.0601. The molecule has 1 N–H and O–H groups in total. The van der Waals surface area contributed by atoms with Gasteiger partial charge >= 0.3 is 5.97 Å². The van der Waals surface area contributed by atoms with Crippen molar-refractivity contribution in [1.82, 2.24) is 4.90 Å². The number of thiophene rings is 1. The molecule has 0 spiro atoms. The minimum absolute atomic E-state index is 0.0938. The molecule has 1 aromatic carbocycles. The number of likely N-dealkylation sites (tertiary alicyclic amines) is 1. The molecule has 0 radical (unpaired) electrons. The Morgan fingerprint density at radius 3 is 2.39 bits per heavy atom. The molecule has 1 aliphatic heterocycles. The number of carbonyl (C=O) groups excluding carboxylic acids is 3. The minimum atomic E-state index is -0.563. The smallest absolute Gasteiger partial charge is 0.341 e. The van der Waals surface area contributed by atoms with Crippen LogP contribution in [0.4, 0.5) is 5.00 Å². The first kappa shape index (κ1) is 20.1. The van der Waals surface area contributed by atoms with Crippen molar-refractivity contribution in [1.29, 1.82) is 0 Å². The Morgan fingerprint density at radius 1 is 1.07 bits per heavy atom. The maximum atomic E-state index is 13.0. The van der Waals surface area contributed by atoms with Gasteiger partial charge in [-0.2, -0.15) is 0 Å². The highest BCUT2D eigenvalue weighted by Crippen LogP contribution is 2.35. The third-order valence-electron chi connectivity index (χ3n) is 4.99. The predicted octanol–water partition coefficient (Wildman–Crippen LogP) is 4.03. The van der Waals surface area contributed by atoms with E-state index in [2.05, 4.69) is 5.32 Å². The normalized spacial score (nSPS) is 13.9. The van der Waals surface area contributed by atoms with Crippen LogP contribution in [0.25, 0.3) is 0 Å². The molecule has 2 amide bonds. The quantitative estimate of drug-likeness (QED) is 0.786. The maximum absolute atomic E-state index is 13.0. The summed E-state index contributed by atoms with van der Waals surface area (Å²) in [4.78, 5) is 40.4. The van der Waals surface area contributed by atoms with Gasteiger partial charge in [0, 0.05) is 18.7 Å². The number of hydrogen-bond donors (Lipinski definition) is 1. The standard InChI is InChI=1S/C21H24N2O4S/c1-13-9-5-6-10-15(13)18(24)22-19-16(21(26)27-3)14(2)17(28-19)20(25)23-11-7-4-8-12-23/h5-6,9-10H,4,7-8,11-12H2,1-3H3,(H,22,24). The van der Waals surface area contributed by atoms with Gasteiger partial charge in [0.05, 0.1) is 17.6 Å². The lowest BCUT2D eigenvalue weighted by Crippen LogP contribution is -2.35. The Balaban J connectivity index is 1.95. The average Bonchev–Trinajstić information content (AvgIpc) is 3.03. The number of rotatable bonds is 4. The largest absolute Gasteiger partial charge is 0.465 e. The molecule has 3 rings (SSSR count). The highest BCUT2D eigenvalue weighted by molar-refractivity contribution is 7.18. The Hall–Kier alpha value is -2.67. The summed E-state index contributed by atoms with van der Waals surface area (Å²) in [5.41, 5.74) is 2.15. The van der Waals surface area contributed by atoms with Crippen LogP contribution in [0.15, 0.2) is 24.3 Å². The Bertz CT molecular complexity index is 913. The fourth-order valence-electron chi connectivity index (χ4n) is 3.39. The summed E-state index contributed by atoms with van der Waals surface area (Å²) >= 11 is 1.14.